The molecular formula is C14H16O2S2. The van der Waals surface area contributed by atoms with Gasteiger partial charge in [0.05, 0.1) is 11.0 Å². The zero-order valence-corrected chi connectivity index (χ0v) is 11.9. The summed E-state index contributed by atoms with van der Waals surface area (Å²) in [7, 11) is -3.03. The van der Waals surface area contributed by atoms with Crippen LogP contribution in [0.1, 0.15) is 13.3 Å². The molecule has 0 aromatic heterocycles. The highest BCUT2D eigenvalue weighted by Gasteiger charge is 2.35. The highest BCUT2D eigenvalue weighted by molar-refractivity contribution is 8.05. The summed E-state index contributed by atoms with van der Waals surface area (Å²) >= 11 is 1.56. The van der Waals surface area contributed by atoms with Gasteiger partial charge in [-0.05, 0) is 31.1 Å². The molecule has 2 rings (SSSR count). The maximum atomic E-state index is 12.1. The second-order valence-corrected chi connectivity index (χ2v) is 7.69. The largest absolute Gasteiger partial charge is 0.228 e. The lowest BCUT2D eigenvalue weighted by Crippen LogP contribution is -2.17. The Balaban J connectivity index is 2.26. The van der Waals surface area contributed by atoms with Crippen molar-refractivity contribution in [3.63, 3.8) is 0 Å². The quantitative estimate of drug-likeness (QED) is 0.792. The fraction of sp³-hybridized carbons (Fsp3) is 0.286. The van der Waals surface area contributed by atoms with Gasteiger partial charge in [0.25, 0.3) is 0 Å². The Bertz CT molecular complexity index is 571. The molecule has 1 aliphatic rings. The van der Waals surface area contributed by atoms with E-state index in [1.165, 1.54) is 0 Å². The van der Waals surface area contributed by atoms with Crippen LogP contribution in [0.25, 0.3) is 0 Å². The highest BCUT2D eigenvalue weighted by Crippen LogP contribution is 2.39. The van der Waals surface area contributed by atoms with Crippen LogP contribution < -0.4 is 0 Å². The van der Waals surface area contributed by atoms with Crippen LogP contribution in [-0.2, 0) is 9.84 Å². The first-order valence-electron chi connectivity index (χ1n) is 5.79. The van der Waals surface area contributed by atoms with Crippen molar-refractivity contribution in [3.05, 3.63) is 53.5 Å². The summed E-state index contributed by atoms with van der Waals surface area (Å²) in [5.41, 5.74) is 0.976. The third-order valence-electron chi connectivity index (χ3n) is 3.05. The van der Waals surface area contributed by atoms with E-state index in [2.05, 4.69) is 6.58 Å². The van der Waals surface area contributed by atoms with Crippen LogP contribution >= 0.6 is 11.8 Å². The molecule has 0 saturated heterocycles. The second-order valence-electron chi connectivity index (χ2n) is 4.34. The Hall–Kier alpha value is -1.00. The molecule has 0 N–H and O–H groups in total. The lowest BCUT2D eigenvalue weighted by Gasteiger charge is -2.07. The molecule has 1 aliphatic heterocycles. The highest BCUT2D eigenvalue weighted by atomic mass is 32.2. The van der Waals surface area contributed by atoms with E-state index in [-0.39, 0.29) is 11.0 Å². The molecule has 1 aromatic carbocycles. The molecular weight excluding hydrogens is 264 g/mol. The first-order valence-corrected chi connectivity index (χ1v) is 8.33. The van der Waals surface area contributed by atoms with Crippen molar-refractivity contribution in [2.24, 2.45) is 0 Å². The SMILES string of the molecule is C=CCC1C(C)=C(Sc2ccccc2)CS1(=O)=O. The number of benzene rings is 1. The van der Waals surface area contributed by atoms with Crippen molar-refractivity contribution >= 4 is 21.6 Å². The van der Waals surface area contributed by atoms with Crippen LogP contribution in [0, 0.1) is 0 Å². The number of hydrogen-bond donors (Lipinski definition) is 0. The van der Waals surface area contributed by atoms with Crippen LogP contribution in [0.5, 0.6) is 0 Å². The average Bonchev–Trinajstić information content (AvgIpc) is 2.54. The van der Waals surface area contributed by atoms with E-state index >= 15 is 0 Å². The van der Waals surface area contributed by atoms with Crippen molar-refractivity contribution in [3.8, 4) is 0 Å². The maximum Gasteiger partial charge on any atom is 0.161 e. The van der Waals surface area contributed by atoms with Gasteiger partial charge in [0.1, 0.15) is 0 Å². The van der Waals surface area contributed by atoms with Gasteiger partial charge < -0.3 is 0 Å². The summed E-state index contributed by atoms with van der Waals surface area (Å²) in [6.07, 6.45) is 2.19. The summed E-state index contributed by atoms with van der Waals surface area (Å²) in [5, 5.41) is -0.374. The lowest BCUT2D eigenvalue weighted by molar-refractivity contribution is 0.592. The summed E-state index contributed by atoms with van der Waals surface area (Å²) < 4.78 is 24.1. The first kappa shape index (κ1) is 13.4. The van der Waals surface area contributed by atoms with Gasteiger partial charge in [-0.15, -0.1) is 6.58 Å². The van der Waals surface area contributed by atoms with Gasteiger partial charge in [0.15, 0.2) is 9.84 Å². The fourth-order valence-electron chi connectivity index (χ4n) is 2.06. The molecule has 0 spiro atoms. The van der Waals surface area contributed by atoms with Gasteiger partial charge in [0.2, 0.25) is 0 Å². The lowest BCUT2D eigenvalue weighted by atomic mass is 10.1. The van der Waals surface area contributed by atoms with E-state index < -0.39 is 9.84 Å². The normalized spacial score (nSPS) is 22.2. The Kier molecular flexibility index (Phi) is 3.97. The number of hydrogen-bond acceptors (Lipinski definition) is 3. The van der Waals surface area contributed by atoms with Gasteiger partial charge in [-0.25, -0.2) is 8.42 Å². The molecule has 0 amide bonds. The molecule has 96 valence electrons. The third-order valence-corrected chi connectivity index (χ3v) is 6.56. The summed E-state index contributed by atoms with van der Waals surface area (Å²) in [5.74, 6) is 0.164. The Morgan fingerprint density at radius 3 is 2.67 bits per heavy atom. The smallest absolute Gasteiger partial charge is 0.161 e. The summed E-state index contributed by atoms with van der Waals surface area (Å²) in [4.78, 5) is 2.05. The standard InChI is InChI=1S/C14H16O2S2/c1-3-7-14-11(2)13(10-18(14,15)16)17-12-8-5-4-6-9-12/h3-6,8-9,14H,1,7,10H2,2H3. The van der Waals surface area contributed by atoms with E-state index in [1.807, 2.05) is 37.3 Å². The predicted octanol–water partition coefficient (Wildman–Crippen LogP) is 3.43. The van der Waals surface area contributed by atoms with E-state index in [1.54, 1.807) is 17.8 Å². The average molecular weight is 280 g/mol. The molecule has 0 bridgehead atoms. The van der Waals surface area contributed by atoms with Gasteiger partial charge in [-0.1, -0.05) is 36.0 Å². The van der Waals surface area contributed by atoms with Gasteiger partial charge >= 0.3 is 0 Å². The number of allylic oxidation sites excluding steroid dienone is 1. The zero-order valence-electron chi connectivity index (χ0n) is 10.3. The van der Waals surface area contributed by atoms with Crippen molar-refractivity contribution in [1.82, 2.24) is 0 Å². The van der Waals surface area contributed by atoms with Crippen LogP contribution in [-0.4, -0.2) is 19.4 Å². The molecule has 18 heavy (non-hydrogen) atoms. The second kappa shape index (κ2) is 5.33. The van der Waals surface area contributed by atoms with E-state index in [0.29, 0.717) is 6.42 Å². The Labute approximate surface area is 113 Å². The fourth-order valence-corrected chi connectivity index (χ4v) is 5.65. The minimum absolute atomic E-state index is 0.164. The summed E-state index contributed by atoms with van der Waals surface area (Å²) in [6, 6.07) is 9.87. The van der Waals surface area contributed by atoms with E-state index in [9.17, 15) is 8.42 Å². The van der Waals surface area contributed by atoms with Crippen LogP contribution in [0.15, 0.2) is 58.4 Å². The zero-order chi connectivity index (χ0) is 13.2. The van der Waals surface area contributed by atoms with Crippen molar-refractivity contribution in [1.29, 1.82) is 0 Å². The molecule has 4 heteroatoms. The molecule has 0 saturated carbocycles. The molecule has 0 radical (unpaired) electrons. The molecule has 1 atom stereocenters. The van der Waals surface area contributed by atoms with Crippen molar-refractivity contribution < 1.29 is 8.42 Å². The maximum absolute atomic E-state index is 12.1. The number of rotatable bonds is 4. The van der Waals surface area contributed by atoms with Crippen molar-refractivity contribution in [2.45, 2.75) is 23.5 Å². The molecule has 0 aliphatic carbocycles. The molecule has 2 nitrogen and oxygen atoms in total. The monoisotopic (exact) mass is 280 g/mol. The molecule has 1 unspecified atom stereocenters. The topological polar surface area (TPSA) is 34.1 Å². The predicted molar refractivity (Wildman–Crippen MR) is 77.4 cm³/mol. The molecule has 1 aromatic rings. The van der Waals surface area contributed by atoms with Crippen LogP contribution in [0.2, 0.25) is 0 Å². The van der Waals surface area contributed by atoms with Crippen LogP contribution in [0.3, 0.4) is 0 Å². The van der Waals surface area contributed by atoms with Crippen LogP contribution in [0.4, 0.5) is 0 Å². The Morgan fingerprint density at radius 1 is 1.39 bits per heavy atom. The van der Waals surface area contributed by atoms with Gasteiger partial charge in [-0.2, -0.15) is 0 Å². The first-order chi connectivity index (χ1) is 8.54. The molecule has 1 heterocycles. The van der Waals surface area contributed by atoms with E-state index in [4.69, 9.17) is 0 Å². The van der Waals surface area contributed by atoms with Gasteiger partial charge in [0, 0.05) is 9.80 Å². The molecule has 0 fully saturated rings. The van der Waals surface area contributed by atoms with Crippen molar-refractivity contribution in [2.75, 3.05) is 5.75 Å². The Morgan fingerprint density at radius 2 is 2.06 bits per heavy atom. The van der Waals surface area contributed by atoms with E-state index in [0.717, 1.165) is 15.4 Å². The minimum atomic E-state index is -3.03. The third kappa shape index (κ3) is 2.70. The summed E-state index contributed by atoms with van der Waals surface area (Å²) in [6.45, 7) is 5.56. The number of thioether (sulfide) groups is 1. The van der Waals surface area contributed by atoms with Gasteiger partial charge in [-0.3, -0.25) is 0 Å². The number of sulfone groups is 1. The minimum Gasteiger partial charge on any atom is -0.228 e.